The third-order valence-electron chi connectivity index (χ3n) is 2.87. The first-order chi connectivity index (χ1) is 9.54. The van der Waals surface area contributed by atoms with E-state index in [9.17, 15) is 9.18 Å². The molecule has 20 heavy (non-hydrogen) atoms. The van der Waals surface area contributed by atoms with Crippen molar-refractivity contribution in [1.29, 1.82) is 0 Å². The largest absolute Gasteiger partial charge is 0.360 e. The third-order valence-corrected chi connectivity index (χ3v) is 2.87. The summed E-state index contributed by atoms with van der Waals surface area (Å²) in [5.74, 6) is -0.0231. The summed E-state index contributed by atoms with van der Waals surface area (Å²) >= 11 is 0. The maximum absolute atomic E-state index is 13.8. The second kappa shape index (κ2) is 8.53. The molecule has 0 saturated carbocycles. The second-order valence-electron chi connectivity index (χ2n) is 5.21. The van der Waals surface area contributed by atoms with Gasteiger partial charge in [-0.3, -0.25) is 4.79 Å². The number of carbonyl (C=O) groups is 1. The van der Waals surface area contributed by atoms with E-state index in [1.807, 2.05) is 13.8 Å². The van der Waals surface area contributed by atoms with Gasteiger partial charge in [-0.1, -0.05) is 26.0 Å². The van der Waals surface area contributed by atoms with Gasteiger partial charge in [0.05, 0.1) is 12.2 Å². The molecular formula is C15H24FN3O. The van der Waals surface area contributed by atoms with Gasteiger partial charge in [-0.15, -0.1) is 0 Å². The average molecular weight is 281 g/mol. The Hall–Kier alpha value is -1.62. The minimum Gasteiger partial charge on any atom is -0.360 e. The molecule has 0 spiro atoms. The number of benzene rings is 1. The molecule has 0 aliphatic carbocycles. The molecule has 4 nitrogen and oxygen atoms in total. The van der Waals surface area contributed by atoms with Crippen LogP contribution in [0, 0.1) is 11.7 Å². The molecule has 0 aromatic heterocycles. The Balaban J connectivity index is 2.69. The summed E-state index contributed by atoms with van der Waals surface area (Å²) in [6.45, 7) is 5.91. The Morgan fingerprint density at radius 2 is 2.10 bits per heavy atom. The number of nitrogens with two attached hydrogens (primary N) is 1. The van der Waals surface area contributed by atoms with Gasteiger partial charge in [0.15, 0.2) is 0 Å². The van der Waals surface area contributed by atoms with Crippen molar-refractivity contribution in [1.82, 2.24) is 5.32 Å². The summed E-state index contributed by atoms with van der Waals surface area (Å²) in [4.78, 5) is 13.6. The zero-order valence-corrected chi connectivity index (χ0v) is 12.2. The molecule has 1 aromatic carbocycles. The van der Waals surface area contributed by atoms with Crippen LogP contribution in [0.5, 0.6) is 0 Å². The molecule has 0 unspecified atom stereocenters. The fourth-order valence-electron chi connectivity index (χ4n) is 1.82. The summed E-state index contributed by atoms with van der Waals surface area (Å²) in [6, 6.07) is 6.48. The quantitative estimate of drug-likeness (QED) is 0.763. The summed E-state index contributed by atoms with van der Waals surface area (Å²) in [5.41, 5.74) is 5.95. The molecule has 0 atom stereocenters. The normalized spacial score (nSPS) is 10.7. The minimum absolute atomic E-state index is 0.0982. The number of para-hydroxylation sites is 1. The van der Waals surface area contributed by atoms with Crippen molar-refractivity contribution in [2.24, 2.45) is 11.7 Å². The fraction of sp³-hybridized carbons (Fsp3) is 0.533. The molecule has 1 rings (SSSR count). The van der Waals surface area contributed by atoms with E-state index < -0.39 is 0 Å². The van der Waals surface area contributed by atoms with Crippen molar-refractivity contribution in [2.45, 2.75) is 20.3 Å². The summed E-state index contributed by atoms with van der Waals surface area (Å²) in [7, 11) is 0. The van der Waals surface area contributed by atoms with Gasteiger partial charge in [-0.25, -0.2) is 4.39 Å². The lowest BCUT2D eigenvalue weighted by Gasteiger charge is -2.24. The van der Waals surface area contributed by atoms with Crippen LogP contribution in [0.2, 0.25) is 0 Å². The van der Waals surface area contributed by atoms with Crippen LogP contribution in [0.15, 0.2) is 24.3 Å². The molecule has 0 saturated heterocycles. The van der Waals surface area contributed by atoms with Crippen LogP contribution < -0.4 is 16.0 Å². The lowest BCUT2D eigenvalue weighted by Crippen LogP contribution is -2.39. The summed E-state index contributed by atoms with van der Waals surface area (Å²) in [5, 5.41) is 2.84. The number of carbonyl (C=O) groups excluding carboxylic acids is 1. The molecule has 0 fully saturated rings. The molecule has 0 aliphatic heterocycles. The van der Waals surface area contributed by atoms with Crippen LogP contribution in [0.3, 0.4) is 0 Å². The van der Waals surface area contributed by atoms with Crippen LogP contribution in [0.25, 0.3) is 0 Å². The van der Waals surface area contributed by atoms with E-state index in [4.69, 9.17) is 5.73 Å². The summed E-state index contributed by atoms with van der Waals surface area (Å²) < 4.78 is 13.8. The van der Waals surface area contributed by atoms with Crippen molar-refractivity contribution in [3.8, 4) is 0 Å². The highest BCUT2D eigenvalue weighted by atomic mass is 19.1. The number of rotatable bonds is 8. The first kappa shape index (κ1) is 16.4. The molecule has 5 heteroatoms. The van der Waals surface area contributed by atoms with Gasteiger partial charge < -0.3 is 16.0 Å². The maximum Gasteiger partial charge on any atom is 0.239 e. The maximum atomic E-state index is 13.8. The highest BCUT2D eigenvalue weighted by molar-refractivity contribution is 5.81. The Labute approximate surface area is 120 Å². The van der Waals surface area contributed by atoms with Crippen molar-refractivity contribution >= 4 is 11.6 Å². The average Bonchev–Trinajstić information content (AvgIpc) is 2.42. The van der Waals surface area contributed by atoms with Crippen molar-refractivity contribution in [3.63, 3.8) is 0 Å². The smallest absolute Gasteiger partial charge is 0.239 e. The summed E-state index contributed by atoms with van der Waals surface area (Å²) in [6.07, 6.45) is 0.714. The van der Waals surface area contributed by atoms with E-state index in [1.165, 1.54) is 6.07 Å². The van der Waals surface area contributed by atoms with Crippen LogP contribution in [-0.2, 0) is 4.79 Å². The molecule has 0 radical (unpaired) electrons. The third kappa shape index (κ3) is 5.57. The number of hydrogen-bond donors (Lipinski definition) is 2. The molecule has 1 aromatic rings. The topological polar surface area (TPSA) is 58.4 Å². The Kier molecular flexibility index (Phi) is 7.01. The Morgan fingerprint density at radius 1 is 1.40 bits per heavy atom. The monoisotopic (exact) mass is 281 g/mol. The second-order valence-corrected chi connectivity index (χ2v) is 5.21. The Bertz CT molecular complexity index is 423. The zero-order chi connectivity index (χ0) is 15.0. The molecule has 0 heterocycles. The number of amides is 1. The van der Waals surface area contributed by atoms with Gasteiger partial charge in [0.1, 0.15) is 5.82 Å². The predicted molar refractivity (Wildman–Crippen MR) is 80.1 cm³/mol. The van der Waals surface area contributed by atoms with Gasteiger partial charge >= 0.3 is 0 Å². The number of hydrogen-bond acceptors (Lipinski definition) is 3. The first-order valence-electron chi connectivity index (χ1n) is 7.00. The van der Waals surface area contributed by atoms with Crippen molar-refractivity contribution in [3.05, 3.63) is 30.1 Å². The molecular weight excluding hydrogens is 257 g/mol. The van der Waals surface area contributed by atoms with E-state index in [1.54, 1.807) is 23.1 Å². The van der Waals surface area contributed by atoms with Gasteiger partial charge in [0, 0.05) is 13.1 Å². The molecule has 112 valence electrons. The predicted octanol–water partition coefficient (Wildman–Crippen LogP) is 1.75. The standard InChI is InChI=1S/C15H24FN3O/c1-12(2)10-18-15(20)11-19(9-5-8-17)14-7-4-3-6-13(14)16/h3-4,6-7,12H,5,8-11,17H2,1-2H3,(H,18,20). The number of nitrogens with one attached hydrogen (secondary N) is 1. The first-order valence-corrected chi connectivity index (χ1v) is 7.00. The SMILES string of the molecule is CC(C)CNC(=O)CN(CCCN)c1ccccc1F. The van der Waals surface area contributed by atoms with Crippen LogP contribution in [0.4, 0.5) is 10.1 Å². The minimum atomic E-state index is -0.318. The van der Waals surface area contributed by atoms with Crippen LogP contribution in [-0.4, -0.2) is 32.1 Å². The number of halogens is 1. The molecule has 3 N–H and O–H groups in total. The van der Waals surface area contributed by atoms with Gasteiger partial charge in [0.2, 0.25) is 5.91 Å². The fourth-order valence-corrected chi connectivity index (χ4v) is 1.82. The molecule has 0 bridgehead atoms. The lowest BCUT2D eigenvalue weighted by atomic mass is 10.2. The molecule has 0 aliphatic rings. The zero-order valence-electron chi connectivity index (χ0n) is 12.2. The Morgan fingerprint density at radius 3 is 2.70 bits per heavy atom. The van der Waals surface area contributed by atoms with Crippen LogP contribution in [0.1, 0.15) is 20.3 Å². The van der Waals surface area contributed by atoms with Crippen molar-refractivity contribution < 1.29 is 9.18 Å². The van der Waals surface area contributed by atoms with E-state index in [0.717, 1.165) is 0 Å². The number of nitrogens with zero attached hydrogens (tertiary/aromatic N) is 1. The van der Waals surface area contributed by atoms with E-state index in [0.29, 0.717) is 37.7 Å². The van der Waals surface area contributed by atoms with Crippen LogP contribution >= 0.6 is 0 Å². The number of anilines is 1. The lowest BCUT2D eigenvalue weighted by molar-refractivity contribution is -0.119. The highest BCUT2D eigenvalue weighted by Gasteiger charge is 2.14. The van der Waals surface area contributed by atoms with Gasteiger partial charge in [0.25, 0.3) is 0 Å². The van der Waals surface area contributed by atoms with E-state index in [2.05, 4.69) is 5.32 Å². The highest BCUT2D eigenvalue weighted by Crippen LogP contribution is 2.18. The van der Waals surface area contributed by atoms with Gasteiger partial charge in [-0.2, -0.15) is 0 Å². The van der Waals surface area contributed by atoms with Crippen molar-refractivity contribution in [2.75, 3.05) is 31.1 Å². The van der Waals surface area contributed by atoms with Gasteiger partial charge in [-0.05, 0) is 31.0 Å². The molecule has 1 amide bonds. The van der Waals surface area contributed by atoms with E-state index >= 15 is 0 Å². The van der Waals surface area contributed by atoms with E-state index in [-0.39, 0.29) is 18.3 Å².